The second-order valence-electron chi connectivity index (χ2n) is 8.39. The van der Waals surface area contributed by atoms with Crippen molar-refractivity contribution < 1.29 is 28.4 Å². The molecule has 8 nitrogen and oxygen atoms in total. The van der Waals surface area contributed by atoms with E-state index in [1.165, 1.54) is 9.80 Å². The van der Waals surface area contributed by atoms with Crippen LogP contribution in [0.5, 0.6) is 0 Å². The van der Waals surface area contributed by atoms with Crippen LogP contribution in [0.1, 0.15) is 41.5 Å². The Morgan fingerprint density at radius 3 is 2.08 bits per heavy atom. The third-order valence-electron chi connectivity index (χ3n) is 3.68. The highest BCUT2D eigenvalue weighted by Gasteiger charge is 2.44. The van der Waals surface area contributed by atoms with Crippen LogP contribution >= 0.6 is 0 Å². The van der Waals surface area contributed by atoms with E-state index in [0.717, 1.165) is 0 Å². The van der Waals surface area contributed by atoms with Crippen molar-refractivity contribution in [2.24, 2.45) is 0 Å². The third-order valence-corrected chi connectivity index (χ3v) is 5.00. The Kier molecular flexibility index (Phi) is 7.47. The Morgan fingerprint density at radius 2 is 1.65 bits per heavy atom. The summed E-state index contributed by atoms with van der Waals surface area (Å²) in [7, 11) is -1.28. The topological polar surface area (TPSA) is 96.4 Å². The molecule has 1 saturated heterocycles. The third kappa shape index (κ3) is 6.75. The predicted molar refractivity (Wildman–Crippen MR) is 99.5 cm³/mol. The number of likely N-dealkylation sites (tertiary alicyclic amines) is 1. The van der Waals surface area contributed by atoms with Crippen LogP contribution in [-0.4, -0.2) is 86.3 Å². The molecule has 0 spiro atoms. The summed E-state index contributed by atoms with van der Waals surface area (Å²) < 4.78 is 23.0. The highest BCUT2D eigenvalue weighted by atomic mass is 32.2. The quantitative estimate of drug-likeness (QED) is 0.780. The van der Waals surface area contributed by atoms with Gasteiger partial charge in [-0.25, -0.2) is 9.59 Å². The van der Waals surface area contributed by atoms with Crippen molar-refractivity contribution in [3.8, 4) is 0 Å². The molecule has 0 aromatic rings. The molecular formula is C17H32N2O6S. The largest absolute Gasteiger partial charge is 0.444 e. The molecule has 0 bridgehead atoms. The lowest BCUT2D eigenvalue weighted by Gasteiger charge is -2.33. The average molecular weight is 393 g/mol. The lowest BCUT2D eigenvalue weighted by Crippen LogP contribution is -2.50. The van der Waals surface area contributed by atoms with Crippen molar-refractivity contribution >= 4 is 23.0 Å². The Balaban J connectivity index is 3.02. The van der Waals surface area contributed by atoms with Crippen LogP contribution < -0.4 is 0 Å². The standard InChI is InChI=1S/C17H32N2O6S/c1-16(2,3)24-14(21)18-10-12(13(11-18)26(7)23)19(8-9-20)15(22)25-17(4,5)6/h12-13,20H,8-11H2,1-7H3/t12-,13-,26?/m0/s1. The van der Waals surface area contributed by atoms with Gasteiger partial charge in [-0.1, -0.05) is 0 Å². The Bertz CT molecular complexity index is 540. The number of rotatable bonds is 4. The molecule has 2 amide bonds. The lowest BCUT2D eigenvalue weighted by molar-refractivity contribution is 0.0103. The fraction of sp³-hybridized carbons (Fsp3) is 0.882. The van der Waals surface area contributed by atoms with Crippen LogP contribution in [0.3, 0.4) is 0 Å². The van der Waals surface area contributed by atoms with Crippen molar-refractivity contribution in [1.82, 2.24) is 9.80 Å². The summed E-state index contributed by atoms with van der Waals surface area (Å²) in [6.45, 7) is 10.7. The summed E-state index contributed by atoms with van der Waals surface area (Å²) in [6.07, 6.45) is 0.435. The number of aliphatic hydroxyl groups excluding tert-OH is 1. The molecule has 1 aliphatic rings. The van der Waals surface area contributed by atoms with E-state index in [4.69, 9.17) is 9.47 Å². The molecule has 1 fully saturated rings. The SMILES string of the molecule is CS(=O)[C@H]1CN(C(=O)OC(C)(C)C)C[C@@H]1N(CCO)C(=O)OC(C)(C)C. The number of hydrogen-bond acceptors (Lipinski definition) is 6. The van der Waals surface area contributed by atoms with Gasteiger partial charge in [0.2, 0.25) is 0 Å². The molecular weight excluding hydrogens is 360 g/mol. The zero-order chi connectivity index (χ0) is 20.3. The van der Waals surface area contributed by atoms with Gasteiger partial charge in [-0.15, -0.1) is 0 Å². The molecule has 0 radical (unpaired) electrons. The van der Waals surface area contributed by atoms with E-state index in [0.29, 0.717) is 0 Å². The van der Waals surface area contributed by atoms with Gasteiger partial charge in [-0.3, -0.25) is 9.11 Å². The van der Waals surface area contributed by atoms with Gasteiger partial charge in [0, 0.05) is 36.7 Å². The second-order valence-corrected chi connectivity index (χ2v) is 9.99. The van der Waals surface area contributed by atoms with E-state index >= 15 is 0 Å². The molecule has 1 N–H and O–H groups in total. The number of nitrogens with zero attached hydrogens (tertiary/aromatic N) is 2. The maximum absolute atomic E-state index is 12.6. The van der Waals surface area contributed by atoms with Gasteiger partial charge in [0.25, 0.3) is 0 Å². The number of hydrogen-bond donors (Lipinski definition) is 1. The molecule has 1 unspecified atom stereocenters. The number of carbonyl (C=O) groups is 2. The maximum Gasteiger partial charge on any atom is 0.410 e. The first-order valence-electron chi connectivity index (χ1n) is 8.66. The summed E-state index contributed by atoms with van der Waals surface area (Å²) in [4.78, 5) is 27.8. The Hall–Kier alpha value is -1.35. The van der Waals surface area contributed by atoms with Gasteiger partial charge in [0.1, 0.15) is 11.2 Å². The van der Waals surface area contributed by atoms with Gasteiger partial charge >= 0.3 is 12.2 Å². The average Bonchev–Trinajstić information content (AvgIpc) is 2.85. The van der Waals surface area contributed by atoms with Gasteiger partial charge in [0.15, 0.2) is 0 Å². The first kappa shape index (κ1) is 22.7. The van der Waals surface area contributed by atoms with Crippen molar-refractivity contribution in [2.75, 3.05) is 32.5 Å². The second kappa shape index (κ2) is 8.56. The first-order chi connectivity index (χ1) is 11.7. The molecule has 1 heterocycles. The Labute approximate surface area is 158 Å². The molecule has 0 aliphatic carbocycles. The van der Waals surface area contributed by atoms with Crippen molar-refractivity contribution in [1.29, 1.82) is 0 Å². The summed E-state index contributed by atoms with van der Waals surface area (Å²) in [5, 5.41) is 8.92. The van der Waals surface area contributed by atoms with Crippen LogP contribution in [-0.2, 0) is 20.3 Å². The number of ether oxygens (including phenoxy) is 2. The first-order valence-corrected chi connectivity index (χ1v) is 10.3. The molecule has 0 saturated carbocycles. The number of amides is 2. The lowest BCUT2D eigenvalue weighted by atomic mass is 10.2. The normalized spacial score (nSPS) is 22.1. The smallest absolute Gasteiger partial charge is 0.410 e. The van der Waals surface area contributed by atoms with E-state index in [2.05, 4.69) is 0 Å². The highest BCUT2D eigenvalue weighted by Crippen LogP contribution is 2.24. The molecule has 152 valence electrons. The summed E-state index contributed by atoms with van der Waals surface area (Å²) >= 11 is 0. The van der Waals surface area contributed by atoms with Crippen molar-refractivity contribution in [3.63, 3.8) is 0 Å². The molecule has 1 rings (SSSR count). The minimum Gasteiger partial charge on any atom is -0.444 e. The molecule has 1 aliphatic heterocycles. The van der Waals surface area contributed by atoms with E-state index in [1.807, 2.05) is 0 Å². The summed E-state index contributed by atoms with van der Waals surface area (Å²) in [5.41, 5.74) is -1.35. The van der Waals surface area contributed by atoms with E-state index < -0.39 is 45.5 Å². The maximum atomic E-state index is 12.6. The molecule has 26 heavy (non-hydrogen) atoms. The van der Waals surface area contributed by atoms with Crippen molar-refractivity contribution in [2.45, 2.75) is 64.0 Å². The molecule has 0 aromatic heterocycles. The van der Waals surface area contributed by atoms with Crippen molar-refractivity contribution in [3.05, 3.63) is 0 Å². The van der Waals surface area contributed by atoms with E-state index in [1.54, 1.807) is 47.8 Å². The monoisotopic (exact) mass is 392 g/mol. The van der Waals surface area contributed by atoms with Gasteiger partial charge in [0.05, 0.1) is 17.9 Å². The van der Waals surface area contributed by atoms with Crippen LogP contribution in [0.4, 0.5) is 9.59 Å². The van der Waals surface area contributed by atoms with Gasteiger partial charge < -0.3 is 19.5 Å². The molecule has 3 atom stereocenters. The van der Waals surface area contributed by atoms with Gasteiger partial charge in [-0.2, -0.15) is 0 Å². The fourth-order valence-electron chi connectivity index (χ4n) is 2.68. The molecule has 9 heteroatoms. The predicted octanol–water partition coefficient (Wildman–Crippen LogP) is 1.58. The summed E-state index contributed by atoms with van der Waals surface area (Å²) in [5.74, 6) is 0. The van der Waals surface area contributed by atoms with Crippen LogP contribution in [0, 0.1) is 0 Å². The minimum atomic E-state index is -1.28. The zero-order valence-corrected chi connectivity index (χ0v) is 17.6. The zero-order valence-electron chi connectivity index (χ0n) is 16.8. The van der Waals surface area contributed by atoms with E-state index in [-0.39, 0.29) is 26.2 Å². The van der Waals surface area contributed by atoms with Crippen LogP contribution in [0.15, 0.2) is 0 Å². The Morgan fingerprint density at radius 1 is 1.12 bits per heavy atom. The number of aliphatic hydroxyl groups is 1. The van der Waals surface area contributed by atoms with E-state index in [9.17, 15) is 18.9 Å². The summed E-state index contributed by atoms with van der Waals surface area (Å²) in [6, 6.07) is -0.518. The molecule has 0 aromatic carbocycles. The highest BCUT2D eigenvalue weighted by molar-refractivity contribution is 7.85. The van der Waals surface area contributed by atoms with Crippen LogP contribution in [0.2, 0.25) is 0 Å². The van der Waals surface area contributed by atoms with Gasteiger partial charge in [-0.05, 0) is 41.5 Å². The fourth-order valence-corrected chi connectivity index (χ4v) is 3.74. The minimum absolute atomic E-state index is 0.0371. The number of carbonyl (C=O) groups excluding carboxylic acids is 2. The van der Waals surface area contributed by atoms with Crippen LogP contribution in [0.25, 0.3) is 0 Å².